The van der Waals surface area contributed by atoms with Crippen LogP contribution in [0.3, 0.4) is 0 Å². The number of Topliss-reactive ketones (excluding diaryl/α,β-unsaturated/α-hetero) is 1. The Morgan fingerprint density at radius 2 is 1.84 bits per heavy atom. The number of benzene rings is 1. The molecule has 2 atom stereocenters. The van der Waals surface area contributed by atoms with Crippen LogP contribution in [-0.4, -0.2) is 5.78 Å². The number of carbonyl (C=O) groups is 1. The van der Waals surface area contributed by atoms with Gasteiger partial charge in [-0.2, -0.15) is 0 Å². The highest BCUT2D eigenvalue weighted by Crippen LogP contribution is 2.39. The van der Waals surface area contributed by atoms with Gasteiger partial charge in [0, 0.05) is 17.4 Å². The van der Waals surface area contributed by atoms with Gasteiger partial charge in [0.1, 0.15) is 5.78 Å². The molecule has 0 aromatic heterocycles. The quantitative estimate of drug-likeness (QED) is 0.751. The fourth-order valence-electron chi connectivity index (χ4n) is 3.00. The van der Waals surface area contributed by atoms with E-state index in [1.807, 2.05) is 24.3 Å². The first-order valence-corrected chi connectivity index (χ1v) is 7.51. The zero-order valence-corrected chi connectivity index (χ0v) is 12.8. The van der Waals surface area contributed by atoms with Crippen LogP contribution in [0.4, 0.5) is 0 Å². The molecule has 19 heavy (non-hydrogen) atoms. The van der Waals surface area contributed by atoms with Crippen molar-refractivity contribution in [3.05, 3.63) is 34.9 Å². The topological polar surface area (TPSA) is 17.1 Å². The van der Waals surface area contributed by atoms with E-state index >= 15 is 0 Å². The molecule has 0 N–H and O–H groups in total. The summed E-state index contributed by atoms with van der Waals surface area (Å²) in [6, 6.07) is 7.89. The van der Waals surface area contributed by atoms with Crippen LogP contribution in [0.15, 0.2) is 24.3 Å². The highest BCUT2D eigenvalue weighted by molar-refractivity contribution is 6.30. The molecular formula is C17H23ClO. The first-order chi connectivity index (χ1) is 8.86. The largest absolute Gasteiger partial charge is 0.299 e. The van der Waals surface area contributed by atoms with Gasteiger partial charge in [-0.05, 0) is 48.3 Å². The van der Waals surface area contributed by atoms with Crippen molar-refractivity contribution in [1.29, 1.82) is 0 Å². The third kappa shape index (κ3) is 3.82. The van der Waals surface area contributed by atoms with Crippen molar-refractivity contribution in [2.24, 2.45) is 17.3 Å². The normalized spacial score (nSPS) is 24.5. The molecule has 1 aromatic carbocycles. The van der Waals surface area contributed by atoms with Crippen LogP contribution in [0.2, 0.25) is 5.02 Å². The zero-order valence-electron chi connectivity index (χ0n) is 12.1. The van der Waals surface area contributed by atoms with Gasteiger partial charge < -0.3 is 0 Å². The van der Waals surface area contributed by atoms with E-state index in [-0.39, 0.29) is 5.92 Å². The first-order valence-electron chi connectivity index (χ1n) is 7.13. The predicted molar refractivity (Wildman–Crippen MR) is 80.4 cm³/mol. The second-order valence-electron chi connectivity index (χ2n) is 6.83. The third-order valence-corrected chi connectivity index (χ3v) is 4.64. The highest BCUT2D eigenvalue weighted by atomic mass is 35.5. The van der Waals surface area contributed by atoms with Gasteiger partial charge in [-0.15, -0.1) is 0 Å². The van der Waals surface area contributed by atoms with E-state index in [0.29, 0.717) is 17.1 Å². The molecule has 0 bridgehead atoms. The summed E-state index contributed by atoms with van der Waals surface area (Å²) >= 11 is 5.90. The molecule has 2 rings (SSSR count). The van der Waals surface area contributed by atoms with E-state index in [4.69, 9.17) is 11.6 Å². The van der Waals surface area contributed by atoms with Crippen molar-refractivity contribution in [3.63, 3.8) is 0 Å². The lowest BCUT2D eigenvalue weighted by molar-refractivity contribution is -0.126. The summed E-state index contributed by atoms with van der Waals surface area (Å²) in [7, 11) is 0. The molecule has 1 aliphatic rings. The summed E-state index contributed by atoms with van der Waals surface area (Å²) in [4.78, 5) is 12.1. The molecule has 0 saturated heterocycles. The summed E-state index contributed by atoms with van der Waals surface area (Å²) in [5, 5.41) is 0.756. The van der Waals surface area contributed by atoms with E-state index in [9.17, 15) is 4.79 Å². The van der Waals surface area contributed by atoms with Crippen molar-refractivity contribution in [2.45, 2.75) is 46.5 Å². The Morgan fingerprint density at radius 1 is 1.21 bits per heavy atom. The van der Waals surface area contributed by atoms with Crippen LogP contribution in [0.5, 0.6) is 0 Å². The number of hydrogen-bond donors (Lipinski definition) is 0. The van der Waals surface area contributed by atoms with Crippen LogP contribution in [0, 0.1) is 17.3 Å². The lowest BCUT2D eigenvalue weighted by Gasteiger charge is -2.37. The van der Waals surface area contributed by atoms with Gasteiger partial charge in [-0.3, -0.25) is 4.79 Å². The Labute approximate surface area is 121 Å². The van der Waals surface area contributed by atoms with Crippen LogP contribution in [0.25, 0.3) is 0 Å². The minimum absolute atomic E-state index is 0.194. The minimum atomic E-state index is 0.194. The second kappa shape index (κ2) is 5.66. The maximum atomic E-state index is 12.1. The summed E-state index contributed by atoms with van der Waals surface area (Å²) in [6.07, 6.45) is 3.70. The van der Waals surface area contributed by atoms with Crippen LogP contribution in [-0.2, 0) is 11.2 Å². The molecule has 2 heteroatoms. The lowest BCUT2D eigenvalue weighted by atomic mass is 9.67. The van der Waals surface area contributed by atoms with E-state index in [1.165, 1.54) is 5.56 Å². The number of carbonyl (C=O) groups excluding carboxylic acids is 1. The molecule has 2 unspecified atom stereocenters. The smallest absolute Gasteiger partial charge is 0.136 e. The van der Waals surface area contributed by atoms with Crippen molar-refractivity contribution < 1.29 is 4.79 Å². The molecule has 1 fully saturated rings. The molecule has 1 aromatic rings. The van der Waals surface area contributed by atoms with Gasteiger partial charge in [0.05, 0.1) is 0 Å². The molecule has 0 heterocycles. The highest BCUT2D eigenvalue weighted by Gasteiger charge is 2.34. The summed E-state index contributed by atoms with van der Waals surface area (Å²) < 4.78 is 0. The molecule has 1 nitrogen and oxygen atoms in total. The average Bonchev–Trinajstić information content (AvgIpc) is 2.33. The number of hydrogen-bond acceptors (Lipinski definition) is 1. The molecule has 0 aliphatic heterocycles. The Hall–Kier alpha value is -0.820. The number of rotatable bonds is 2. The summed E-state index contributed by atoms with van der Waals surface area (Å²) in [5.41, 5.74) is 1.52. The van der Waals surface area contributed by atoms with Crippen LogP contribution in [0.1, 0.15) is 45.6 Å². The van der Waals surface area contributed by atoms with E-state index in [2.05, 4.69) is 20.8 Å². The van der Waals surface area contributed by atoms with Crippen molar-refractivity contribution in [2.75, 3.05) is 0 Å². The maximum absolute atomic E-state index is 12.1. The molecular weight excluding hydrogens is 256 g/mol. The van der Waals surface area contributed by atoms with Crippen molar-refractivity contribution >= 4 is 17.4 Å². The van der Waals surface area contributed by atoms with Crippen molar-refractivity contribution in [3.8, 4) is 0 Å². The van der Waals surface area contributed by atoms with Gasteiger partial charge in [-0.1, -0.05) is 44.5 Å². The maximum Gasteiger partial charge on any atom is 0.136 e. The fourth-order valence-corrected chi connectivity index (χ4v) is 3.13. The molecule has 0 amide bonds. The lowest BCUT2D eigenvalue weighted by Crippen LogP contribution is -2.33. The molecule has 104 valence electrons. The summed E-state index contributed by atoms with van der Waals surface area (Å²) in [5.74, 6) is 1.29. The third-order valence-electron chi connectivity index (χ3n) is 4.38. The first kappa shape index (κ1) is 14.6. The van der Waals surface area contributed by atoms with E-state index in [0.717, 1.165) is 30.7 Å². The molecule has 0 spiro atoms. The van der Waals surface area contributed by atoms with Crippen LogP contribution >= 0.6 is 11.6 Å². The van der Waals surface area contributed by atoms with E-state index < -0.39 is 0 Å². The van der Waals surface area contributed by atoms with Crippen LogP contribution < -0.4 is 0 Å². The van der Waals surface area contributed by atoms with Gasteiger partial charge in [0.15, 0.2) is 0 Å². The molecule has 1 aliphatic carbocycles. The van der Waals surface area contributed by atoms with Gasteiger partial charge in [0.2, 0.25) is 0 Å². The number of ketones is 1. The SMILES string of the molecule is CC(C)(C)C1CCC(=O)C(Cc2ccc(Cl)cc2)C1. The fraction of sp³-hybridized carbons (Fsp3) is 0.588. The standard InChI is InChI=1S/C17H23ClO/c1-17(2,3)14-6-9-16(19)13(11-14)10-12-4-7-15(18)8-5-12/h4-5,7-8,13-14H,6,9-11H2,1-3H3. The second-order valence-corrected chi connectivity index (χ2v) is 7.27. The predicted octanol–water partition coefficient (Wildman–Crippen LogP) is 4.91. The Morgan fingerprint density at radius 3 is 2.42 bits per heavy atom. The van der Waals surface area contributed by atoms with Gasteiger partial charge in [-0.25, -0.2) is 0 Å². The van der Waals surface area contributed by atoms with E-state index in [1.54, 1.807) is 0 Å². The Bertz CT molecular complexity index is 441. The van der Waals surface area contributed by atoms with Gasteiger partial charge in [0.25, 0.3) is 0 Å². The van der Waals surface area contributed by atoms with Gasteiger partial charge >= 0.3 is 0 Å². The monoisotopic (exact) mass is 278 g/mol. The van der Waals surface area contributed by atoms with Crippen molar-refractivity contribution in [1.82, 2.24) is 0 Å². The molecule has 1 saturated carbocycles. The molecule has 0 radical (unpaired) electrons. The zero-order chi connectivity index (χ0) is 14.0. The number of halogens is 1. The average molecular weight is 279 g/mol. The minimum Gasteiger partial charge on any atom is -0.299 e. The summed E-state index contributed by atoms with van der Waals surface area (Å²) in [6.45, 7) is 6.85. The Kier molecular flexibility index (Phi) is 4.35. The Balaban J connectivity index is 2.05.